The quantitative estimate of drug-likeness (QED) is 0.482. The molecule has 0 saturated heterocycles. The van der Waals surface area contributed by atoms with E-state index >= 15 is 0 Å². The zero-order chi connectivity index (χ0) is 15.2. The number of guanidine groups is 1. The Morgan fingerprint density at radius 1 is 1.18 bits per heavy atom. The van der Waals surface area contributed by atoms with Gasteiger partial charge >= 0.3 is 0 Å². The number of nitrogens with zero attached hydrogens (tertiary/aromatic N) is 1. The molecule has 0 atom stereocenters. The molecule has 1 saturated carbocycles. The second kappa shape index (κ2) is 7.63. The SMILES string of the molecule is NC(=NCCCOC1CCCC1)Nc1ccc2c(c1)CCC2. The number of rotatable bonds is 6. The van der Waals surface area contributed by atoms with E-state index in [9.17, 15) is 0 Å². The molecule has 0 amide bonds. The number of aliphatic imine (C=N–C) groups is 1. The fraction of sp³-hybridized carbons (Fsp3) is 0.611. The van der Waals surface area contributed by atoms with Crippen LogP contribution in [-0.4, -0.2) is 25.2 Å². The second-order valence-electron chi connectivity index (χ2n) is 6.36. The lowest BCUT2D eigenvalue weighted by atomic mass is 10.1. The molecule has 0 heterocycles. The first-order valence-electron chi connectivity index (χ1n) is 8.61. The van der Waals surface area contributed by atoms with Crippen LogP contribution in [0.1, 0.15) is 49.7 Å². The van der Waals surface area contributed by atoms with Gasteiger partial charge in [-0.05, 0) is 61.8 Å². The Morgan fingerprint density at radius 3 is 2.86 bits per heavy atom. The van der Waals surface area contributed by atoms with Crippen molar-refractivity contribution in [2.45, 2.75) is 57.5 Å². The van der Waals surface area contributed by atoms with Crippen LogP contribution in [0.5, 0.6) is 0 Å². The second-order valence-corrected chi connectivity index (χ2v) is 6.36. The maximum absolute atomic E-state index is 5.95. The van der Waals surface area contributed by atoms with E-state index in [1.807, 2.05) is 0 Å². The summed E-state index contributed by atoms with van der Waals surface area (Å²) < 4.78 is 5.82. The molecular weight excluding hydrogens is 274 g/mol. The molecule has 3 N–H and O–H groups in total. The number of aryl methyl sites for hydroxylation is 2. The van der Waals surface area contributed by atoms with Gasteiger partial charge in [0.2, 0.25) is 0 Å². The lowest BCUT2D eigenvalue weighted by Gasteiger charge is -2.10. The summed E-state index contributed by atoms with van der Waals surface area (Å²) in [5.41, 5.74) is 9.92. The van der Waals surface area contributed by atoms with E-state index in [1.54, 1.807) is 0 Å². The molecule has 0 unspecified atom stereocenters. The maximum atomic E-state index is 5.95. The molecule has 4 nitrogen and oxygen atoms in total. The first kappa shape index (κ1) is 15.3. The summed E-state index contributed by atoms with van der Waals surface area (Å²) in [5.74, 6) is 0.499. The van der Waals surface area contributed by atoms with E-state index in [0.29, 0.717) is 12.1 Å². The van der Waals surface area contributed by atoms with Gasteiger partial charge in [-0.2, -0.15) is 0 Å². The third-order valence-corrected chi connectivity index (χ3v) is 4.61. The van der Waals surface area contributed by atoms with Crippen LogP contribution in [0.4, 0.5) is 5.69 Å². The van der Waals surface area contributed by atoms with Crippen molar-refractivity contribution in [3.63, 3.8) is 0 Å². The van der Waals surface area contributed by atoms with E-state index in [-0.39, 0.29) is 0 Å². The van der Waals surface area contributed by atoms with E-state index in [4.69, 9.17) is 10.5 Å². The summed E-state index contributed by atoms with van der Waals surface area (Å²) in [6, 6.07) is 6.50. The van der Waals surface area contributed by atoms with Crippen molar-refractivity contribution in [1.29, 1.82) is 0 Å². The topological polar surface area (TPSA) is 59.6 Å². The Labute approximate surface area is 133 Å². The highest BCUT2D eigenvalue weighted by Crippen LogP contribution is 2.24. The van der Waals surface area contributed by atoms with Gasteiger partial charge in [-0.1, -0.05) is 18.9 Å². The van der Waals surface area contributed by atoms with E-state index in [0.717, 1.165) is 25.3 Å². The van der Waals surface area contributed by atoms with Crippen molar-refractivity contribution < 1.29 is 4.74 Å². The first-order valence-corrected chi connectivity index (χ1v) is 8.61. The van der Waals surface area contributed by atoms with Crippen molar-refractivity contribution in [1.82, 2.24) is 0 Å². The monoisotopic (exact) mass is 301 g/mol. The molecule has 1 aromatic rings. The minimum atomic E-state index is 0.492. The van der Waals surface area contributed by atoms with Gasteiger partial charge in [0, 0.05) is 18.8 Å². The largest absolute Gasteiger partial charge is 0.378 e. The Morgan fingerprint density at radius 2 is 2.00 bits per heavy atom. The highest BCUT2D eigenvalue weighted by molar-refractivity contribution is 5.92. The molecule has 0 aliphatic heterocycles. The molecule has 0 radical (unpaired) electrons. The van der Waals surface area contributed by atoms with Gasteiger partial charge in [0.25, 0.3) is 0 Å². The smallest absolute Gasteiger partial charge is 0.193 e. The summed E-state index contributed by atoms with van der Waals surface area (Å²) in [6.45, 7) is 1.51. The number of anilines is 1. The van der Waals surface area contributed by atoms with Crippen molar-refractivity contribution in [3.8, 4) is 0 Å². The molecule has 2 aliphatic carbocycles. The first-order chi connectivity index (χ1) is 10.8. The summed E-state index contributed by atoms with van der Waals surface area (Å²) >= 11 is 0. The van der Waals surface area contributed by atoms with Gasteiger partial charge < -0.3 is 15.8 Å². The Balaban J connectivity index is 1.38. The minimum Gasteiger partial charge on any atom is -0.378 e. The lowest BCUT2D eigenvalue weighted by molar-refractivity contribution is 0.0579. The molecule has 120 valence electrons. The lowest BCUT2D eigenvalue weighted by Crippen LogP contribution is -2.23. The van der Waals surface area contributed by atoms with E-state index in [1.165, 1.54) is 56.1 Å². The zero-order valence-electron chi connectivity index (χ0n) is 13.3. The van der Waals surface area contributed by atoms with Gasteiger partial charge in [0.15, 0.2) is 5.96 Å². The van der Waals surface area contributed by atoms with Crippen LogP contribution >= 0.6 is 0 Å². The molecule has 0 bridgehead atoms. The summed E-state index contributed by atoms with van der Waals surface area (Å²) in [5, 5.41) is 3.19. The summed E-state index contributed by atoms with van der Waals surface area (Å²) in [7, 11) is 0. The van der Waals surface area contributed by atoms with Crippen LogP contribution < -0.4 is 11.1 Å². The third kappa shape index (κ3) is 4.23. The number of fused-ring (bicyclic) bond motifs is 1. The van der Waals surface area contributed by atoms with Gasteiger partial charge in [-0.3, -0.25) is 4.99 Å². The van der Waals surface area contributed by atoms with Crippen LogP contribution in [0, 0.1) is 0 Å². The number of nitrogens with two attached hydrogens (primary N) is 1. The van der Waals surface area contributed by atoms with Crippen molar-refractivity contribution >= 4 is 11.6 Å². The predicted molar refractivity (Wildman–Crippen MR) is 91.4 cm³/mol. The highest BCUT2D eigenvalue weighted by atomic mass is 16.5. The molecule has 4 heteroatoms. The molecule has 1 fully saturated rings. The minimum absolute atomic E-state index is 0.492. The fourth-order valence-electron chi connectivity index (χ4n) is 3.41. The Hall–Kier alpha value is -1.55. The maximum Gasteiger partial charge on any atom is 0.193 e. The molecule has 1 aromatic carbocycles. The molecule has 0 spiro atoms. The van der Waals surface area contributed by atoms with Gasteiger partial charge in [-0.25, -0.2) is 0 Å². The predicted octanol–water partition coefficient (Wildman–Crippen LogP) is 3.25. The Bertz CT molecular complexity index is 521. The molecule has 22 heavy (non-hydrogen) atoms. The van der Waals surface area contributed by atoms with Crippen LogP contribution in [0.25, 0.3) is 0 Å². The number of hydrogen-bond acceptors (Lipinski definition) is 2. The summed E-state index contributed by atoms with van der Waals surface area (Å²) in [4.78, 5) is 4.38. The van der Waals surface area contributed by atoms with Crippen molar-refractivity contribution in [3.05, 3.63) is 29.3 Å². The standard InChI is InChI=1S/C18H27N3O/c19-18(20-11-4-12-22-17-7-1-2-8-17)21-16-10-9-14-5-3-6-15(14)13-16/h9-10,13,17H,1-8,11-12H2,(H3,19,20,21). The van der Waals surface area contributed by atoms with Crippen LogP contribution in [-0.2, 0) is 17.6 Å². The van der Waals surface area contributed by atoms with Crippen molar-refractivity contribution in [2.24, 2.45) is 10.7 Å². The van der Waals surface area contributed by atoms with E-state index < -0.39 is 0 Å². The number of benzene rings is 1. The zero-order valence-corrected chi connectivity index (χ0v) is 13.3. The van der Waals surface area contributed by atoms with Gasteiger partial charge in [0.1, 0.15) is 0 Å². The van der Waals surface area contributed by atoms with Crippen LogP contribution in [0.3, 0.4) is 0 Å². The average molecular weight is 301 g/mol. The molecule has 0 aromatic heterocycles. The molecular formula is C18H27N3O. The third-order valence-electron chi connectivity index (χ3n) is 4.61. The van der Waals surface area contributed by atoms with Crippen LogP contribution in [0.15, 0.2) is 23.2 Å². The molecule has 3 rings (SSSR count). The van der Waals surface area contributed by atoms with E-state index in [2.05, 4.69) is 28.5 Å². The summed E-state index contributed by atoms with van der Waals surface area (Å²) in [6.07, 6.45) is 10.2. The Kier molecular flexibility index (Phi) is 5.33. The molecule has 2 aliphatic rings. The fourth-order valence-corrected chi connectivity index (χ4v) is 3.41. The number of hydrogen-bond donors (Lipinski definition) is 2. The van der Waals surface area contributed by atoms with Gasteiger partial charge in [-0.15, -0.1) is 0 Å². The normalized spacial score (nSPS) is 18.6. The van der Waals surface area contributed by atoms with Crippen molar-refractivity contribution in [2.75, 3.05) is 18.5 Å². The van der Waals surface area contributed by atoms with Gasteiger partial charge in [0.05, 0.1) is 6.10 Å². The highest BCUT2D eigenvalue weighted by Gasteiger charge is 2.14. The van der Waals surface area contributed by atoms with Crippen LogP contribution in [0.2, 0.25) is 0 Å². The average Bonchev–Trinajstić information content (AvgIpc) is 3.17. The number of nitrogens with one attached hydrogen (secondary N) is 1. The number of ether oxygens (including phenoxy) is 1.